The van der Waals surface area contributed by atoms with Crippen LogP contribution in [0.25, 0.3) is 0 Å². The highest BCUT2D eigenvalue weighted by Gasteiger charge is 2.09. The molecule has 1 heterocycles. The normalized spacial score (nSPS) is 10.5. The summed E-state index contributed by atoms with van der Waals surface area (Å²) in [6.45, 7) is 4.33. The maximum absolute atomic E-state index is 11.5. The van der Waals surface area contributed by atoms with E-state index in [0.29, 0.717) is 24.3 Å². The number of aromatic nitrogens is 2. The highest BCUT2D eigenvalue weighted by molar-refractivity contribution is 5.38. The molecule has 0 unspecified atom stereocenters. The van der Waals surface area contributed by atoms with Gasteiger partial charge in [0.2, 0.25) is 0 Å². The van der Waals surface area contributed by atoms with Gasteiger partial charge in [0.25, 0.3) is 5.56 Å². The summed E-state index contributed by atoms with van der Waals surface area (Å²) in [7, 11) is 0. The molecule has 5 nitrogen and oxygen atoms in total. The van der Waals surface area contributed by atoms with Crippen LogP contribution in [0, 0.1) is 0 Å². The smallest absolute Gasteiger partial charge is 0.329 e. The van der Waals surface area contributed by atoms with Crippen molar-refractivity contribution in [1.82, 2.24) is 9.55 Å². The highest BCUT2D eigenvalue weighted by atomic mass is 16.2. The van der Waals surface area contributed by atoms with Crippen molar-refractivity contribution in [3.63, 3.8) is 0 Å². The molecular formula is C10H17N3O2. The Hall–Kier alpha value is -1.52. The van der Waals surface area contributed by atoms with Crippen molar-refractivity contribution in [3.8, 4) is 0 Å². The lowest BCUT2D eigenvalue weighted by Crippen LogP contribution is -2.34. The minimum absolute atomic E-state index is 0.305. The Kier molecular flexibility index (Phi) is 3.71. The molecule has 1 rings (SSSR count). The Labute approximate surface area is 87.9 Å². The Balaban J connectivity index is 3.26. The number of nitrogens with one attached hydrogen (secondary N) is 1. The van der Waals surface area contributed by atoms with Crippen molar-refractivity contribution in [3.05, 3.63) is 26.4 Å². The fourth-order valence-corrected chi connectivity index (χ4v) is 1.54. The summed E-state index contributed by atoms with van der Waals surface area (Å²) < 4.78 is 1.38. The minimum Gasteiger partial charge on any atom is -0.385 e. The van der Waals surface area contributed by atoms with Crippen LogP contribution in [0.3, 0.4) is 0 Å². The van der Waals surface area contributed by atoms with Gasteiger partial charge in [-0.25, -0.2) is 4.79 Å². The van der Waals surface area contributed by atoms with E-state index in [4.69, 9.17) is 5.73 Å². The van der Waals surface area contributed by atoms with Crippen LogP contribution in [0.5, 0.6) is 0 Å². The van der Waals surface area contributed by atoms with Crippen LogP contribution in [0.2, 0.25) is 0 Å². The summed E-state index contributed by atoms with van der Waals surface area (Å²) >= 11 is 0. The molecular weight excluding hydrogens is 194 g/mol. The van der Waals surface area contributed by atoms with Crippen molar-refractivity contribution in [2.24, 2.45) is 0 Å². The molecule has 0 aliphatic carbocycles. The molecule has 0 spiro atoms. The molecule has 15 heavy (non-hydrogen) atoms. The number of hydrogen-bond acceptors (Lipinski definition) is 3. The number of rotatable bonds is 4. The van der Waals surface area contributed by atoms with Gasteiger partial charge < -0.3 is 5.73 Å². The van der Waals surface area contributed by atoms with Gasteiger partial charge in [0, 0.05) is 6.54 Å². The first-order valence-corrected chi connectivity index (χ1v) is 5.23. The molecule has 0 saturated carbocycles. The molecule has 0 aliphatic heterocycles. The maximum Gasteiger partial charge on any atom is 0.329 e. The molecule has 0 aromatic carbocycles. The first-order valence-electron chi connectivity index (χ1n) is 5.23. The van der Waals surface area contributed by atoms with Gasteiger partial charge in [-0.05, 0) is 19.8 Å². The third kappa shape index (κ3) is 2.29. The quantitative estimate of drug-likeness (QED) is 0.760. The van der Waals surface area contributed by atoms with E-state index in [1.807, 2.05) is 13.8 Å². The zero-order valence-corrected chi connectivity index (χ0v) is 9.17. The number of unbranched alkanes of at least 4 members (excludes halogenated alkanes) is 1. The van der Waals surface area contributed by atoms with Crippen molar-refractivity contribution in [2.75, 3.05) is 5.73 Å². The molecule has 0 radical (unpaired) electrons. The van der Waals surface area contributed by atoms with Crippen molar-refractivity contribution >= 4 is 5.82 Å². The monoisotopic (exact) mass is 211 g/mol. The number of anilines is 1. The zero-order valence-electron chi connectivity index (χ0n) is 9.17. The average Bonchev–Trinajstić information content (AvgIpc) is 2.17. The molecule has 84 valence electrons. The number of aromatic amines is 1. The second kappa shape index (κ2) is 4.82. The molecule has 1 aromatic heterocycles. The van der Waals surface area contributed by atoms with Gasteiger partial charge in [0.05, 0.1) is 5.56 Å². The SMILES string of the molecule is CCCCc1c(N)n(CC)c(=O)[nH]c1=O. The van der Waals surface area contributed by atoms with E-state index in [1.165, 1.54) is 4.57 Å². The van der Waals surface area contributed by atoms with E-state index in [9.17, 15) is 9.59 Å². The highest BCUT2D eigenvalue weighted by Crippen LogP contribution is 2.07. The van der Waals surface area contributed by atoms with Gasteiger partial charge in [-0.3, -0.25) is 14.3 Å². The summed E-state index contributed by atoms with van der Waals surface area (Å²) in [6, 6.07) is 0. The maximum atomic E-state index is 11.5. The first-order chi connectivity index (χ1) is 7.11. The Bertz CT molecular complexity index is 445. The van der Waals surface area contributed by atoms with Crippen LogP contribution in [0.15, 0.2) is 9.59 Å². The van der Waals surface area contributed by atoms with Crippen LogP contribution in [0.4, 0.5) is 5.82 Å². The summed E-state index contributed by atoms with van der Waals surface area (Å²) in [4.78, 5) is 25.1. The Morgan fingerprint density at radius 2 is 2.00 bits per heavy atom. The third-order valence-electron chi connectivity index (χ3n) is 2.44. The van der Waals surface area contributed by atoms with E-state index in [2.05, 4.69) is 4.98 Å². The van der Waals surface area contributed by atoms with Crippen molar-refractivity contribution < 1.29 is 0 Å². The molecule has 0 amide bonds. The van der Waals surface area contributed by atoms with Gasteiger partial charge in [-0.1, -0.05) is 13.3 Å². The van der Waals surface area contributed by atoms with Gasteiger partial charge in [-0.15, -0.1) is 0 Å². The summed E-state index contributed by atoms with van der Waals surface area (Å²) in [5, 5.41) is 0. The second-order valence-corrected chi connectivity index (χ2v) is 3.47. The lowest BCUT2D eigenvalue weighted by Gasteiger charge is -2.09. The van der Waals surface area contributed by atoms with E-state index in [1.54, 1.807) is 0 Å². The molecule has 0 fully saturated rings. The molecule has 5 heteroatoms. The minimum atomic E-state index is -0.430. The molecule has 0 atom stereocenters. The average molecular weight is 211 g/mol. The number of nitrogen functional groups attached to an aromatic ring is 1. The van der Waals surface area contributed by atoms with Crippen LogP contribution in [-0.2, 0) is 13.0 Å². The third-order valence-corrected chi connectivity index (χ3v) is 2.44. The van der Waals surface area contributed by atoms with E-state index in [0.717, 1.165) is 12.8 Å². The van der Waals surface area contributed by atoms with E-state index >= 15 is 0 Å². The predicted octanol–water partition coefficient (Wildman–Crippen LogP) is 0.481. The molecule has 0 aliphatic rings. The fraction of sp³-hybridized carbons (Fsp3) is 0.600. The Morgan fingerprint density at radius 1 is 1.33 bits per heavy atom. The van der Waals surface area contributed by atoms with E-state index < -0.39 is 5.69 Å². The number of nitrogens with zero attached hydrogens (tertiary/aromatic N) is 1. The van der Waals surface area contributed by atoms with Crippen molar-refractivity contribution in [1.29, 1.82) is 0 Å². The molecule has 3 N–H and O–H groups in total. The lowest BCUT2D eigenvalue weighted by molar-refractivity contribution is 0.684. The summed E-state index contributed by atoms with van der Waals surface area (Å²) in [6.07, 6.45) is 2.51. The van der Waals surface area contributed by atoms with Crippen LogP contribution in [-0.4, -0.2) is 9.55 Å². The van der Waals surface area contributed by atoms with Crippen LogP contribution >= 0.6 is 0 Å². The Morgan fingerprint density at radius 3 is 2.53 bits per heavy atom. The van der Waals surface area contributed by atoms with Gasteiger partial charge >= 0.3 is 5.69 Å². The fourth-order valence-electron chi connectivity index (χ4n) is 1.54. The van der Waals surface area contributed by atoms with Gasteiger partial charge in [0.1, 0.15) is 5.82 Å². The van der Waals surface area contributed by atoms with Crippen LogP contribution in [0.1, 0.15) is 32.3 Å². The van der Waals surface area contributed by atoms with Crippen molar-refractivity contribution in [2.45, 2.75) is 39.7 Å². The van der Waals surface area contributed by atoms with Crippen LogP contribution < -0.4 is 17.0 Å². The standard InChI is InChI=1S/C10H17N3O2/c1-3-5-6-7-8(11)13(4-2)10(15)12-9(7)14/h3-6,11H2,1-2H3,(H,12,14,15). The predicted molar refractivity (Wildman–Crippen MR) is 60.0 cm³/mol. The second-order valence-electron chi connectivity index (χ2n) is 3.47. The first kappa shape index (κ1) is 11.6. The molecule has 0 saturated heterocycles. The number of hydrogen-bond donors (Lipinski definition) is 2. The molecule has 1 aromatic rings. The number of nitrogens with two attached hydrogens (primary N) is 1. The molecule has 0 bridgehead atoms. The summed E-state index contributed by atoms with van der Waals surface area (Å²) in [5.74, 6) is 0.305. The summed E-state index contributed by atoms with van der Waals surface area (Å²) in [5.41, 5.74) is 5.52. The van der Waals surface area contributed by atoms with Gasteiger partial charge in [-0.2, -0.15) is 0 Å². The number of H-pyrrole nitrogens is 1. The largest absolute Gasteiger partial charge is 0.385 e. The van der Waals surface area contributed by atoms with E-state index in [-0.39, 0.29) is 5.56 Å². The van der Waals surface area contributed by atoms with Gasteiger partial charge in [0.15, 0.2) is 0 Å². The topological polar surface area (TPSA) is 80.9 Å². The zero-order chi connectivity index (χ0) is 11.4. The lowest BCUT2D eigenvalue weighted by atomic mass is 10.1.